The number of halogens is 1. The maximum absolute atomic E-state index is 15.1. The minimum atomic E-state index is -0.923. The molecule has 0 unspecified atom stereocenters. The molecule has 1 aromatic carbocycles. The number of carbonyl (C=O) groups excluding carboxylic acids is 1. The molecule has 26 heavy (non-hydrogen) atoms. The van der Waals surface area contributed by atoms with Crippen molar-refractivity contribution in [1.29, 1.82) is 0 Å². The van der Waals surface area contributed by atoms with Crippen molar-refractivity contribution >= 4 is 12.1 Å². The van der Waals surface area contributed by atoms with Crippen LogP contribution < -0.4 is 0 Å². The average molecular weight is 364 g/mol. The number of esters is 1. The second-order valence-electron chi connectivity index (χ2n) is 7.11. The summed E-state index contributed by atoms with van der Waals surface area (Å²) in [4.78, 5) is 26.6. The highest BCUT2D eigenvalue weighted by molar-refractivity contribution is 5.92. The van der Waals surface area contributed by atoms with Gasteiger partial charge in [-0.15, -0.1) is 0 Å². The Balaban J connectivity index is 1.54. The minimum Gasteiger partial charge on any atom is -0.465 e. The lowest BCUT2D eigenvalue weighted by Gasteiger charge is -2.45. The largest absolute Gasteiger partial charge is 0.465 e. The second kappa shape index (κ2) is 6.51. The highest BCUT2D eigenvalue weighted by Crippen LogP contribution is 2.33. The number of benzene rings is 1. The maximum Gasteiger partial charge on any atom is 0.407 e. The first-order valence-electron chi connectivity index (χ1n) is 8.80. The van der Waals surface area contributed by atoms with Gasteiger partial charge >= 0.3 is 12.1 Å². The first kappa shape index (κ1) is 17.2. The van der Waals surface area contributed by atoms with E-state index in [-0.39, 0.29) is 17.7 Å². The molecule has 3 aliphatic heterocycles. The zero-order chi connectivity index (χ0) is 18.4. The quantitative estimate of drug-likeness (QED) is 0.764. The van der Waals surface area contributed by atoms with Crippen LogP contribution in [0.25, 0.3) is 0 Å². The van der Waals surface area contributed by atoms with Gasteiger partial charge in [0.25, 0.3) is 0 Å². The predicted octanol–water partition coefficient (Wildman–Crippen LogP) is 1.66. The lowest BCUT2D eigenvalue weighted by atomic mass is 9.93. The molecule has 140 valence electrons. The van der Waals surface area contributed by atoms with Crippen LogP contribution in [-0.2, 0) is 15.9 Å². The van der Waals surface area contributed by atoms with Crippen LogP contribution in [-0.4, -0.2) is 71.9 Å². The van der Waals surface area contributed by atoms with Crippen molar-refractivity contribution < 1.29 is 28.6 Å². The number of amides is 1. The average Bonchev–Trinajstić information content (AvgIpc) is 2.61. The summed E-state index contributed by atoms with van der Waals surface area (Å²) in [6.45, 7) is 4.05. The Labute approximate surface area is 150 Å². The molecule has 0 spiro atoms. The molecule has 2 fully saturated rings. The number of carboxylic acid groups (broad SMARTS) is 1. The molecule has 4 rings (SSSR count). The van der Waals surface area contributed by atoms with Gasteiger partial charge < -0.3 is 19.5 Å². The standard InChI is InChI=1S/C18H21FN2O5/c1-10-6-14-12(17(22)26-10)2-3-13(16(14)19)15-8-20-4-5-21(18(23)24)7-11(20)9-25-15/h2-3,10-11,15H,4-9H2,1H3,(H,23,24)/t10-,11-,15+/m1/s1. The van der Waals surface area contributed by atoms with E-state index in [0.29, 0.717) is 50.3 Å². The summed E-state index contributed by atoms with van der Waals surface area (Å²) in [5.74, 6) is -0.878. The van der Waals surface area contributed by atoms with E-state index in [9.17, 15) is 9.59 Å². The topological polar surface area (TPSA) is 79.3 Å². The third-order valence-electron chi connectivity index (χ3n) is 5.40. The number of hydrogen-bond donors (Lipinski definition) is 1. The molecule has 3 aliphatic rings. The molecule has 0 radical (unpaired) electrons. The van der Waals surface area contributed by atoms with E-state index in [1.165, 1.54) is 4.90 Å². The van der Waals surface area contributed by atoms with E-state index in [2.05, 4.69) is 4.90 Å². The maximum atomic E-state index is 15.1. The van der Waals surface area contributed by atoms with Crippen molar-refractivity contribution in [2.45, 2.75) is 31.6 Å². The first-order valence-corrected chi connectivity index (χ1v) is 8.80. The molecule has 0 aromatic heterocycles. The number of piperazine rings is 1. The number of rotatable bonds is 1. The van der Waals surface area contributed by atoms with Crippen LogP contribution in [0.1, 0.15) is 34.5 Å². The molecule has 8 heteroatoms. The molecule has 3 heterocycles. The van der Waals surface area contributed by atoms with E-state index in [4.69, 9.17) is 14.6 Å². The Morgan fingerprint density at radius 1 is 1.31 bits per heavy atom. The molecule has 0 saturated carbocycles. The van der Waals surface area contributed by atoms with Gasteiger partial charge in [0.05, 0.1) is 24.3 Å². The van der Waals surface area contributed by atoms with Gasteiger partial charge in [-0.1, -0.05) is 6.07 Å². The van der Waals surface area contributed by atoms with Gasteiger partial charge in [-0.2, -0.15) is 0 Å². The lowest BCUT2D eigenvalue weighted by molar-refractivity contribution is -0.0877. The van der Waals surface area contributed by atoms with Crippen LogP contribution in [0.5, 0.6) is 0 Å². The fourth-order valence-corrected chi connectivity index (χ4v) is 4.00. The molecule has 3 atom stereocenters. The van der Waals surface area contributed by atoms with Gasteiger partial charge in [-0.25, -0.2) is 14.0 Å². The summed E-state index contributed by atoms with van der Waals surface area (Å²) in [5, 5.41) is 9.13. The van der Waals surface area contributed by atoms with E-state index < -0.39 is 24.0 Å². The van der Waals surface area contributed by atoms with E-state index in [1.807, 2.05) is 0 Å². The number of cyclic esters (lactones) is 1. The summed E-state index contributed by atoms with van der Waals surface area (Å²) >= 11 is 0. The van der Waals surface area contributed by atoms with E-state index in [1.54, 1.807) is 19.1 Å². The Bertz CT molecular complexity index is 755. The Morgan fingerprint density at radius 3 is 2.88 bits per heavy atom. The van der Waals surface area contributed by atoms with Crippen LogP contribution in [0.4, 0.5) is 9.18 Å². The smallest absolute Gasteiger partial charge is 0.407 e. The van der Waals surface area contributed by atoms with Gasteiger partial charge in [0.15, 0.2) is 0 Å². The minimum absolute atomic E-state index is 0.00760. The van der Waals surface area contributed by atoms with Crippen molar-refractivity contribution in [3.05, 3.63) is 34.6 Å². The molecule has 0 bridgehead atoms. The third-order valence-corrected chi connectivity index (χ3v) is 5.40. The van der Waals surface area contributed by atoms with Crippen LogP contribution in [0.3, 0.4) is 0 Å². The fraction of sp³-hybridized carbons (Fsp3) is 0.556. The fourth-order valence-electron chi connectivity index (χ4n) is 4.00. The van der Waals surface area contributed by atoms with Gasteiger partial charge in [-0.3, -0.25) is 4.90 Å². The second-order valence-corrected chi connectivity index (χ2v) is 7.11. The summed E-state index contributed by atoms with van der Waals surface area (Å²) in [6, 6.07) is 3.20. The summed E-state index contributed by atoms with van der Waals surface area (Å²) in [5.41, 5.74) is 1.13. The number of carbonyl (C=O) groups is 2. The van der Waals surface area contributed by atoms with E-state index >= 15 is 4.39 Å². The molecular formula is C18H21FN2O5. The Kier molecular flexibility index (Phi) is 4.32. The Morgan fingerprint density at radius 2 is 2.12 bits per heavy atom. The molecule has 1 aromatic rings. The third kappa shape index (κ3) is 2.93. The molecule has 1 N–H and O–H groups in total. The molecule has 0 aliphatic carbocycles. The monoisotopic (exact) mass is 364 g/mol. The van der Waals surface area contributed by atoms with Crippen LogP contribution >= 0.6 is 0 Å². The number of morpholine rings is 1. The van der Waals surface area contributed by atoms with Crippen LogP contribution in [0.2, 0.25) is 0 Å². The SMILES string of the molecule is C[C@@H]1Cc2c(ccc([C@@H]3CN4CCN(C(=O)O)C[C@@H]4CO3)c2F)C(=O)O1. The van der Waals surface area contributed by atoms with Crippen LogP contribution in [0.15, 0.2) is 12.1 Å². The molecule has 2 saturated heterocycles. The normalized spacial score (nSPS) is 28.9. The zero-order valence-corrected chi connectivity index (χ0v) is 14.5. The highest BCUT2D eigenvalue weighted by atomic mass is 19.1. The van der Waals surface area contributed by atoms with Crippen molar-refractivity contribution in [3.63, 3.8) is 0 Å². The lowest BCUT2D eigenvalue weighted by Crippen LogP contribution is -2.59. The van der Waals surface area contributed by atoms with Gasteiger partial charge in [0.1, 0.15) is 11.9 Å². The van der Waals surface area contributed by atoms with Crippen molar-refractivity contribution in [3.8, 4) is 0 Å². The molecule has 7 nitrogen and oxygen atoms in total. The molecular weight excluding hydrogens is 343 g/mol. The van der Waals surface area contributed by atoms with Crippen LogP contribution in [0, 0.1) is 5.82 Å². The Hall–Kier alpha value is -2.19. The van der Waals surface area contributed by atoms with E-state index in [0.717, 1.165) is 0 Å². The first-order chi connectivity index (χ1) is 12.4. The van der Waals surface area contributed by atoms with Crippen molar-refractivity contribution in [2.24, 2.45) is 0 Å². The number of nitrogens with zero attached hydrogens (tertiary/aromatic N) is 2. The molecule has 1 amide bonds. The van der Waals surface area contributed by atoms with Crippen molar-refractivity contribution in [2.75, 3.05) is 32.8 Å². The number of hydrogen-bond acceptors (Lipinski definition) is 5. The summed E-state index contributed by atoms with van der Waals surface area (Å²) in [6.07, 6.45) is -1.34. The summed E-state index contributed by atoms with van der Waals surface area (Å²) < 4.78 is 26.1. The van der Waals surface area contributed by atoms with Crippen molar-refractivity contribution in [1.82, 2.24) is 9.80 Å². The predicted molar refractivity (Wildman–Crippen MR) is 88.6 cm³/mol. The number of fused-ring (bicyclic) bond motifs is 2. The van der Waals surface area contributed by atoms with Gasteiger partial charge in [0.2, 0.25) is 0 Å². The zero-order valence-electron chi connectivity index (χ0n) is 14.5. The highest BCUT2D eigenvalue weighted by Gasteiger charge is 2.37. The van der Waals surface area contributed by atoms with Gasteiger partial charge in [0, 0.05) is 43.7 Å². The van der Waals surface area contributed by atoms with Gasteiger partial charge in [-0.05, 0) is 13.0 Å². The number of ether oxygens (including phenoxy) is 2. The summed E-state index contributed by atoms with van der Waals surface area (Å²) in [7, 11) is 0.